The summed E-state index contributed by atoms with van der Waals surface area (Å²) in [5.74, 6) is 0. The lowest BCUT2D eigenvalue weighted by molar-refractivity contribution is 0.00518. The van der Waals surface area contributed by atoms with E-state index in [0.29, 0.717) is 6.61 Å². The Morgan fingerprint density at radius 1 is 1.05 bits per heavy atom. The summed E-state index contributed by atoms with van der Waals surface area (Å²) in [5, 5.41) is 0. The summed E-state index contributed by atoms with van der Waals surface area (Å²) in [6.07, 6.45) is 0.174. The summed E-state index contributed by atoms with van der Waals surface area (Å²) in [5.41, 5.74) is 1.32. The van der Waals surface area contributed by atoms with Crippen molar-refractivity contribution in [3.05, 3.63) is 30.3 Å². The number of para-hydroxylation sites is 1. The number of nitrogens with zero attached hydrogens (tertiary/aromatic N) is 2. The van der Waals surface area contributed by atoms with Crippen LogP contribution in [0.2, 0.25) is 0 Å². The van der Waals surface area contributed by atoms with Gasteiger partial charge in [0.15, 0.2) is 0 Å². The van der Waals surface area contributed by atoms with Crippen LogP contribution >= 0.6 is 0 Å². The molecule has 1 aliphatic rings. The number of hydrogen-bond acceptors (Lipinski definition) is 4. The zero-order valence-electron chi connectivity index (χ0n) is 11.9. The van der Waals surface area contributed by atoms with E-state index in [1.165, 1.54) is 5.69 Å². The lowest BCUT2D eigenvalue weighted by Crippen LogP contribution is -2.49. The lowest BCUT2D eigenvalue weighted by atomic mass is 10.2. The third-order valence-corrected chi connectivity index (χ3v) is 3.64. The van der Waals surface area contributed by atoms with Crippen LogP contribution in [0.4, 0.5) is 5.69 Å². The van der Waals surface area contributed by atoms with Crippen LogP contribution in [0.3, 0.4) is 0 Å². The number of piperazine rings is 1. The van der Waals surface area contributed by atoms with Crippen molar-refractivity contribution in [1.82, 2.24) is 4.90 Å². The maximum Gasteiger partial charge on any atom is 0.0931 e. The van der Waals surface area contributed by atoms with Gasteiger partial charge in [-0.25, -0.2) is 0 Å². The van der Waals surface area contributed by atoms with Crippen molar-refractivity contribution in [2.24, 2.45) is 0 Å². The lowest BCUT2D eigenvalue weighted by Gasteiger charge is -2.37. The van der Waals surface area contributed by atoms with Gasteiger partial charge in [-0.15, -0.1) is 0 Å². The first-order chi connectivity index (χ1) is 9.33. The summed E-state index contributed by atoms with van der Waals surface area (Å²) < 4.78 is 10.6. The van der Waals surface area contributed by atoms with Gasteiger partial charge in [0.05, 0.1) is 12.7 Å². The van der Waals surface area contributed by atoms with E-state index in [4.69, 9.17) is 9.47 Å². The molecule has 1 fully saturated rings. The third kappa shape index (κ3) is 4.20. The highest BCUT2D eigenvalue weighted by Gasteiger charge is 2.20. The molecule has 19 heavy (non-hydrogen) atoms. The molecule has 0 aromatic heterocycles. The first-order valence-corrected chi connectivity index (χ1v) is 6.87. The van der Waals surface area contributed by atoms with Crippen molar-refractivity contribution in [3.63, 3.8) is 0 Å². The van der Waals surface area contributed by atoms with Gasteiger partial charge in [0.1, 0.15) is 0 Å². The van der Waals surface area contributed by atoms with Crippen molar-refractivity contribution >= 4 is 5.69 Å². The molecule has 0 bridgehead atoms. The van der Waals surface area contributed by atoms with Crippen LogP contribution in [-0.4, -0.2) is 64.6 Å². The highest BCUT2D eigenvalue weighted by molar-refractivity contribution is 5.46. The molecule has 0 saturated carbocycles. The number of methoxy groups -OCH3 is 2. The average Bonchev–Trinajstić information content (AvgIpc) is 2.48. The minimum Gasteiger partial charge on any atom is -0.382 e. The highest BCUT2D eigenvalue weighted by Crippen LogP contribution is 2.15. The highest BCUT2D eigenvalue weighted by atomic mass is 16.5. The van der Waals surface area contributed by atoms with Gasteiger partial charge in [-0.2, -0.15) is 0 Å². The summed E-state index contributed by atoms with van der Waals surface area (Å²) >= 11 is 0. The molecule has 1 atom stereocenters. The Balaban J connectivity index is 1.79. The monoisotopic (exact) mass is 264 g/mol. The number of rotatable bonds is 6. The Labute approximate surface area is 115 Å². The van der Waals surface area contributed by atoms with Gasteiger partial charge in [-0.3, -0.25) is 4.90 Å². The molecule has 4 nitrogen and oxygen atoms in total. The Kier molecular flexibility index (Phi) is 5.63. The number of benzene rings is 1. The smallest absolute Gasteiger partial charge is 0.0931 e. The minimum absolute atomic E-state index is 0.174. The predicted octanol–water partition coefficient (Wildman–Crippen LogP) is 1.47. The maximum atomic E-state index is 5.42. The molecule has 1 saturated heterocycles. The van der Waals surface area contributed by atoms with Gasteiger partial charge in [0, 0.05) is 52.6 Å². The Bertz CT molecular complexity index is 350. The van der Waals surface area contributed by atoms with Crippen LogP contribution in [0.1, 0.15) is 0 Å². The van der Waals surface area contributed by atoms with Gasteiger partial charge in [-0.05, 0) is 12.1 Å². The van der Waals surface area contributed by atoms with Gasteiger partial charge in [0.25, 0.3) is 0 Å². The van der Waals surface area contributed by atoms with E-state index in [9.17, 15) is 0 Å². The summed E-state index contributed by atoms with van der Waals surface area (Å²) in [6, 6.07) is 10.6. The Morgan fingerprint density at radius 2 is 1.74 bits per heavy atom. The number of hydrogen-bond donors (Lipinski definition) is 0. The molecule has 0 radical (unpaired) electrons. The zero-order chi connectivity index (χ0) is 13.5. The molecule has 1 aliphatic heterocycles. The SMILES string of the molecule is COCC(CN1CCN(c2ccccc2)CC1)OC. The van der Waals surface area contributed by atoms with E-state index in [0.717, 1.165) is 32.7 Å². The topological polar surface area (TPSA) is 24.9 Å². The first-order valence-electron chi connectivity index (χ1n) is 6.87. The summed E-state index contributed by atoms with van der Waals surface area (Å²) in [4.78, 5) is 4.89. The average molecular weight is 264 g/mol. The molecule has 1 aromatic carbocycles. The van der Waals surface area contributed by atoms with Crippen molar-refractivity contribution in [1.29, 1.82) is 0 Å². The van der Waals surface area contributed by atoms with E-state index in [1.54, 1.807) is 14.2 Å². The minimum atomic E-state index is 0.174. The summed E-state index contributed by atoms with van der Waals surface area (Å²) in [7, 11) is 3.48. The molecular weight excluding hydrogens is 240 g/mol. The zero-order valence-corrected chi connectivity index (χ0v) is 11.9. The van der Waals surface area contributed by atoms with E-state index < -0.39 is 0 Å². The van der Waals surface area contributed by atoms with Crippen molar-refractivity contribution < 1.29 is 9.47 Å². The first kappa shape index (κ1) is 14.3. The van der Waals surface area contributed by atoms with Crippen LogP contribution in [0.25, 0.3) is 0 Å². The van der Waals surface area contributed by atoms with E-state index in [-0.39, 0.29) is 6.10 Å². The van der Waals surface area contributed by atoms with Crippen LogP contribution in [0.15, 0.2) is 30.3 Å². The molecule has 2 rings (SSSR count). The Morgan fingerprint density at radius 3 is 2.32 bits per heavy atom. The second-order valence-corrected chi connectivity index (χ2v) is 4.94. The van der Waals surface area contributed by atoms with Gasteiger partial charge < -0.3 is 14.4 Å². The second kappa shape index (κ2) is 7.48. The van der Waals surface area contributed by atoms with Crippen LogP contribution in [0, 0.1) is 0 Å². The van der Waals surface area contributed by atoms with Crippen molar-refractivity contribution in [2.45, 2.75) is 6.10 Å². The summed E-state index contributed by atoms with van der Waals surface area (Å²) in [6.45, 7) is 5.93. The van der Waals surface area contributed by atoms with Crippen LogP contribution in [-0.2, 0) is 9.47 Å². The van der Waals surface area contributed by atoms with Gasteiger partial charge >= 0.3 is 0 Å². The number of anilines is 1. The second-order valence-electron chi connectivity index (χ2n) is 4.94. The van der Waals surface area contributed by atoms with Crippen LogP contribution < -0.4 is 4.90 Å². The van der Waals surface area contributed by atoms with Crippen molar-refractivity contribution in [2.75, 3.05) is 58.5 Å². The molecule has 1 aromatic rings. The molecule has 0 aliphatic carbocycles. The largest absolute Gasteiger partial charge is 0.382 e. The molecular formula is C15H24N2O2. The standard InChI is InChI=1S/C15H24N2O2/c1-18-13-15(19-2)12-16-8-10-17(11-9-16)14-6-4-3-5-7-14/h3-7,15H,8-13H2,1-2H3. The van der Waals surface area contributed by atoms with E-state index >= 15 is 0 Å². The number of ether oxygens (including phenoxy) is 2. The van der Waals surface area contributed by atoms with Gasteiger partial charge in [0.2, 0.25) is 0 Å². The fourth-order valence-electron chi connectivity index (χ4n) is 2.50. The fraction of sp³-hybridized carbons (Fsp3) is 0.600. The molecule has 1 heterocycles. The molecule has 0 amide bonds. The Hall–Kier alpha value is -1.10. The molecule has 1 unspecified atom stereocenters. The predicted molar refractivity (Wildman–Crippen MR) is 77.8 cm³/mol. The molecule has 0 N–H and O–H groups in total. The third-order valence-electron chi connectivity index (χ3n) is 3.64. The van der Waals surface area contributed by atoms with Crippen molar-refractivity contribution in [3.8, 4) is 0 Å². The molecule has 4 heteroatoms. The quantitative estimate of drug-likeness (QED) is 0.777. The molecule has 106 valence electrons. The van der Waals surface area contributed by atoms with E-state index in [1.807, 2.05) is 0 Å². The molecule has 0 spiro atoms. The van der Waals surface area contributed by atoms with E-state index in [2.05, 4.69) is 40.1 Å². The normalized spacial score (nSPS) is 18.5. The van der Waals surface area contributed by atoms with Gasteiger partial charge in [-0.1, -0.05) is 18.2 Å². The maximum absolute atomic E-state index is 5.42. The van der Waals surface area contributed by atoms with Crippen LogP contribution in [0.5, 0.6) is 0 Å². The fourth-order valence-corrected chi connectivity index (χ4v) is 2.50.